The van der Waals surface area contributed by atoms with E-state index in [-0.39, 0.29) is 5.41 Å². The summed E-state index contributed by atoms with van der Waals surface area (Å²) in [5, 5.41) is 8.04. The maximum absolute atomic E-state index is 6.20. The Kier molecular flexibility index (Phi) is 3.76. The molecular formula is C14H26N4O. The summed E-state index contributed by atoms with van der Waals surface area (Å²) in [6.07, 6.45) is 3.31. The van der Waals surface area contributed by atoms with Gasteiger partial charge >= 0.3 is 0 Å². The van der Waals surface area contributed by atoms with E-state index in [1.165, 1.54) is 0 Å². The van der Waals surface area contributed by atoms with Gasteiger partial charge in [-0.25, -0.2) is 0 Å². The maximum atomic E-state index is 6.20. The molecule has 5 heteroatoms. The van der Waals surface area contributed by atoms with Gasteiger partial charge in [-0.2, -0.15) is 5.10 Å². The van der Waals surface area contributed by atoms with Crippen molar-refractivity contribution < 1.29 is 4.74 Å². The van der Waals surface area contributed by atoms with Crippen molar-refractivity contribution in [1.29, 1.82) is 0 Å². The molecule has 2 rings (SSSR count). The number of nitrogens with zero attached hydrogens (tertiary/aromatic N) is 2. The molecule has 2 unspecified atom stereocenters. The van der Waals surface area contributed by atoms with Crippen molar-refractivity contribution in [3.8, 4) is 0 Å². The van der Waals surface area contributed by atoms with Crippen molar-refractivity contribution in [1.82, 2.24) is 9.78 Å². The molecule has 0 aromatic carbocycles. The molecule has 1 aliphatic carbocycles. The molecule has 5 nitrogen and oxygen atoms in total. The highest BCUT2D eigenvalue weighted by molar-refractivity contribution is 5.65. The number of rotatable bonds is 5. The molecule has 1 aliphatic rings. The minimum atomic E-state index is 0.121. The number of ether oxygens (including phenoxy) is 1. The zero-order valence-electron chi connectivity index (χ0n) is 12.7. The summed E-state index contributed by atoms with van der Waals surface area (Å²) in [5.74, 6) is 0.941. The minimum Gasteiger partial charge on any atom is -0.394 e. The zero-order chi connectivity index (χ0) is 14.2. The van der Waals surface area contributed by atoms with Crippen LogP contribution in [0.3, 0.4) is 0 Å². The number of hydrogen-bond donors (Lipinski definition) is 2. The first-order valence-electron chi connectivity index (χ1n) is 7.02. The molecule has 0 spiro atoms. The van der Waals surface area contributed by atoms with Crippen LogP contribution in [0.25, 0.3) is 0 Å². The number of nitrogens with two attached hydrogens (primary N) is 1. The Morgan fingerprint density at radius 3 is 2.74 bits per heavy atom. The number of aryl methyl sites for hydroxylation is 2. The van der Waals surface area contributed by atoms with Crippen LogP contribution in [0.4, 0.5) is 11.5 Å². The van der Waals surface area contributed by atoms with E-state index in [0.717, 1.165) is 36.5 Å². The third kappa shape index (κ3) is 2.31. The van der Waals surface area contributed by atoms with E-state index in [9.17, 15) is 0 Å². The van der Waals surface area contributed by atoms with Gasteiger partial charge in [0.05, 0.1) is 17.5 Å². The SMILES string of the molecule is CCCc1nn(C)c(NC2CC(OC)C2(C)C)c1N. The molecule has 1 aromatic heterocycles. The number of anilines is 2. The first kappa shape index (κ1) is 14.2. The van der Waals surface area contributed by atoms with Gasteiger partial charge in [0.25, 0.3) is 0 Å². The van der Waals surface area contributed by atoms with E-state index >= 15 is 0 Å². The van der Waals surface area contributed by atoms with Crippen LogP contribution in [0, 0.1) is 5.41 Å². The normalized spacial score (nSPS) is 25.1. The van der Waals surface area contributed by atoms with E-state index in [0.29, 0.717) is 12.1 Å². The van der Waals surface area contributed by atoms with Gasteiger partial charge in [-0.05, 0) is 12.8 Å². The third-order valence-electron chi connectivity index (χ3n) is 4.42. The fourth-order valence-electron chi connectivity index (χ4n) is 2.88. The highest BCUT2D eigenvalue weighted by atomic mass is 16.5. The molecule has 0 aliphatic heterocycles. The Balaban J connectivity index is 2.12. The molecular weight excluding hydrogens is 240 g/mol. The zero-order valence-corrected chi connectivity index (χ0v) is 12.7. The lowest BCUT2D eigenvalue weighted by Gasteiger charge is -2.51. The molecule has 3 N–H and O–H groups in total. The average Bonchev–Trinajstić information content (AvgIpc) is 2.61. The Bertz CT molecular complexity index is 453. The van der Waals surface area contributed by atoms with Gasteiger partial charge in [0.15, 0.2) is 0 Å². The summed E-state index contributed by atoms with van der Waals surface area (Å²) in [7, 11) is 3.72. The molecule has 108 valence electrons. The summed E-state index contributed by atoms with van der Waals surface area (Å²) in [6, 6.07) is 0.379. The molecule has 1 heterocycles. The van der Waals surface area contributed by atoms with Gasteiger partial charge in [0.2, 0.25) is 0 Å². The molecule has 0 saturated heterocycles. The van der Waals surface area contributed by atoms with Crippen LogP contribution in [-0.2, 0) is 18.2 Å². The predicted octanol–water partition coefficient (Wildman–Crippen LogP) is 2.18. The summed E-state index contributed by atoms with van der Waals surface area (Å²) in [6.45, 7) is 6.59. The number of nitrogen functional groups attached to an aromatic ring is 1. The van der Waals surface area contributed by atoms with Crippen LogP contribution < -0.4 is 11.1 Å². The maximum Gasteiger partial charge on any atom is 0.148 e. The molecule has 0 radical (unpaired) electrons. The van der Waals surface area contributed by atoms with Crippen molar-refractivity contribution in [3.05, 3.63) is 5.69 Å². The fourth-order valence-corrected chi connectivity index (χ4v) is 2.88. The molecule has 1 fully saturated rings. The van der Waals surface area contributed by atoms with Gasteiger partial charge in [-0.3, -0.25) is 4.68 Å². The largest absolute Gasteiger partial charge is 0.394 e. The van der Waals surface area contributed by atoms with Gasteiger partial charge < -0.3 is 15.8 Å². The molecule has 0 amide bonds. The molecule has 1 aromatic rings. The van der Waals surface area contributed by atoms with Crippen LogP contribution in [0.2, 0.25) is 0 Å². The second-order valence-corrected chi connectivity index (χ2v) is 6.06. The van der Waals surface area contributed by atoms with Crippen molar-refractivity contribution in [3.63, 3.8) is 0 Å². The Labute approximate surface area is 115 Å². The Morgan fingerprint density at radius 1 is 1.53 bits per heavy atom. The topological polar surface area (TPSA) is 65.1 Å². The van der Waals surface area contributed by atoms with E-state index < -0.39 is 0 Å². The summed E-state index contributed by atoms with van der Waals surface area (Å²) < 4.78 is 7.34. The molecule has 19 heavy (non-hydrogen) atoms. The van der Waals surface area contributed by atoms with Gasteiger partial charge in [0.1, 0.15) is 5.82 Å². The van der Waals surface area contributed by atoms with Crippen molar-refractivity contribution in [2.24, 2.45) is 12.5 Å². The fraction of sp³-hybridized carbons (Fsp3) is 0.786. The van der Waals surface area contributed by atoms with E-state index in [1.54, 1.807) is 7.11 Å². The van der Waals surface area contributed by atoms with Crippen LogP contribution in [0.15, 0.2) is 0 Å². The lowest BCUT2D eigenvalue weighted by Crippen LogP contribution is -2.57. The van der Waals surface area contributed by atoms with E-state index in [1.807, 2.05) is 11.7 Å². The third-order valence-corrected chi connectivity index (χ3v) is 4.42. The quantitative estimate of drug-likeness (QED) is 0.857. The van der Waals surface area contributed by atoms with Gasteiger partial charge in [-0.1, -0.05) is 27.2 Å². The molecule has 1 saturated carbocycles. The highest BCUT2D eigenvalue weighted by Gasteiger charge is 2.49. The molecule has 2 atom stereocenters. The van der Waals surface area contributed by atoms with Crippen molar-refractivity contribution >= 4 is 11.5 Å². The summed E-state index contributed by atoms with van der Waals surface area (Å²) in [4.78, 5) is 0. The van der Waals surface area contributed by atoms with Crippen LogP contribution in [0.1, 0.15) is 39.3 Å². The second-order valence-electron chi connectivity index (χ2n) is 6.06. The van der Waals surface area contributed by atoms with Crippen LogP contribution >= 0.6 is 0 Å². The number of nitrogens with one attached hydrogen (secondary N) is 1. The van der Waals surface area contributed by atoms with Crippen molar-refractivity contribution in [2.45, 2.75) is 52.2 Å². The average molecular weight is 266 g/mol. The standard InChI is InChI=1S/C14H26N4O/c1-6-7-9-12(15)13(18(4)17-9)16-10-8-11(19-5)14(10,2)3/h10-11,16H,6-8,15H2,1-5H3. The lowest BCUT2D eigenvalue weighted by molar-refractivity contribution is -0.0796. The minimum absolute atomic E-state index is 0.121. The number of methoxy groups -OCH3 is 1. The summed E-state index contributed by atoms with van der Waals surface area (Å²) in [5.41, 5.74) is 8.10. The van der Waals surface area contributed by atoms with Gasteiger partial charge in [-0.15, -0.1) is 0 Å². The van der Waals surface area contributed by atoms with Gasteiger partial charge in [0, 0.05) is 25.6 Å². The van der Waals surface area contributed by atoms with E-state index in [4.69, 9.17) is 10.5 Å². The number of hydrogen-bond acceptors (Lipinski definition) is 4. The van der Waals surface area contributed by atoms with E-state index in [2.05, 4.69) is 31.2 Å². The van der Waals surface area contributed by atoms with Crippen molar-refractivity contribution in [2.75, 3.05) is 18.2 Å². The predicted molar refractivity (Wildman–Crippen MR) is 78.2 cm³/mol. The van der Waals surface area contributed by atoms with Crippen LogP contribution in [0.5, 0.6) is 0 Å². The lowest BCUT2D eigenvalue weighted by atomic mass is 9.64. The number of aromatic nitrogens is 2. The highest BCUT2D eigenvalue weighted by Crippen LogP contribution is 2.44. The second kappa shape index (κ2) is 5.04. The Hall–Kier alpha value is -1.23. The first-order valence-corrected chi connectivity index (χ1v) is 7.02. The summed E-state index contributed by atoms with van der Waals surface area (Å²) >= 11 is 0. The first-order chi connectivity index (χ1) is 8.91. The molecule has 0 bridgehead atoms. The Morgan fingerprint density at radius 2 is 2.21 bits per heavy atom. The van der Waals surface area contributed by atoms with Crippen LogP contribution in [-0.4, -0.2) is 29.0 Å². The monoisotopic (exact) mass is 266 g/mol. The smallest absolute Gasteiger partial charge is 0.148 e.